The van der Waals surface area contributed by atoms with Gasteiger partial charge in [-0.25, -0.2) is 8.42 Å². The first-order valence-corrected chi connectivity index (χ1v) is 8.99. The van der Waals surface area contributed by atoms with E-state index in [1.54, 1.807) is 19.2 Å². The highest BCUT2D eigenvalue weighted by Crippen LogP contribution is 2.13. The molecule has 0 atom stereocenters. The molecule has 0 bridgehead atoms. The van der Waals surface area contributed by atoms with Crippen molar-refractivity contribution < 1.29 is 22.7 Å². The second kappa shape index (κ2) is 8.10. The van der Waals surface area contributed by atoms with E-state index in [-0.39, 0.29) is 35.6 Å². The molecule has 0 aromatic heterocycles. The molecular formula is C16H23NO5S. The SMILES string of the molecule is Cc1ccc(S(=O)(=O)CCC(=O)OCC(=O)N(C)C(C)C)cc1. The van der Waals surface area contributed by atoms with Crippen LogP contribution in [0.15, 0.2) is 29.2 Å². The van der Waals surface area contributed by atoms with E-state index in [9.17, 15) is 18.0 Å². The number of likely N-dealkylation sites (N-methyl/N-ethyl adjacent to an activating group) is 1. The minimum absolute atomic E-state index is 0.00289. The second-order valence-corrected chi connectivity index (χ2v) is 7.75. The van der Waals surface area contributed by atoms with Gasteiger partial charge in [-0.05, 0) is 32.9 Å². The summed E-state index contributed by atoms with van der Waals surface area (Å²) in [5.41, 5.74) is 0.955. The van der Waals surface area contributed by atoms with Crippen LogP contribution in [0.25, 0.3) is 0 Å². The lowest BCUT2D eigenvalue weighted by Gasteiger charge is -2.21. The Balaban J connectivity index is 2.49. The molecule has 1 rings (SSSR count). The van der Waals surface area contributed by atoms with Crippen LogP contribution in [0.2, 0.25) is 0 Å². The molecule has 0 aliphatic heterocycles. The summed E-state index contributed by atoms with van der Waals surface area (Å²) in [7, 11) is -1.92. The van der Waals surface area contributed by atoms with Gasteiger partial charge in [-0.15, -0.1) is 0 Å². The Morgan fingerprint density at radius 3 is 2.26 bits per heavy atom. The van der Waals surface area contributed by atoms with Gasteiger partial charge in [-0.3, -0.25) is 9.59 Å². The first-order valence-electron chi connectivity index (χ1n) is 7.34. The molecule has 1 aromatic rings. The molecule has 0 spiro atoms. The number of amides is 1. The molecule has 7 heteroatoms. The van der Waals surface area contributed by atoms with Crippen molar-refractivity contribution in [2.24, 2.45) is 0 Å². The summed E-state index contributed by atoms with van der Waals surface area (Å²) >= 11 is 0. The van der Waals surface area contributed by atoms with Crippen LogP contribution in [0, 0.1) is 6.92 Å². The zero-order valence-electron chi connectivity index (χ0n) is 13.9. The third-order valence-corrected chi connectivity index (χ3v) is 5.21. The maximum absolute atomic E-state index is 12.1. The van der Waals surface area contributed by atoms with E-state index in [1.807, 2.05) is 20.8 Å². The minimum atomic E-state index is -3.54. The van der Waals surface area contributed by atoms with Crippen LogP contribution < -0.4 is 0 Å². The fraction of sp³-hybridized carbons (Fsp3) is 0.500. The van der Waals surface area contributed by atoms with Crippen molar-refractivity contribution in [3.05, 3.63) is 29.8 Å². The molecule has 0 fully saturated rings. The number of sulfone groups is 1. The van der Waals surface area contributed by atoms with Crippen LogP contribution in [-0.4, -0.2) is 50.6 Å². The lowest BCUT2D eigenvalue weighted by Crippen LogP contribution is -2.36. The van der Waals surface area contributed by atoms with Crippen LogP contribution in [-0.2, 0) is 24.2 Å². The number of nitrogens with zero attached hydrogens (tertiary/aromatic N) is 1. The minimum Gasteiger partial charge on any atom is -0.456 e. The Morgan fingerprint density at radius 1 is 1.17 bits per heavy atom. The lowest BCUT2D eigenvalue weighted by molar-refractivity contribution is -0.151. The van der Waals surface area contributed by atoms with Crippen LogP contribution in [0.3, 0.4) is 0 Å². The Morgan fingerprint density at radius 2 is 1.74 bits per heavy atom. The quantitative estimate of drug-likeness (QED) is 0.703. The zero-order chi connectivity index (χ0) is 17.6. The van der Waals surface area contributed by atoms with Crippen LogP contribution in [0.4, 0.5) is 0 Å². The molecule has 6 nitrogen and oxygen atoms in total. The maximum Gasteiger partial charge on any atom is 0.307 e. The molecule has 0 heterocycles. The lowest BCUT2D eigenvalue weighted by atomic mass is 10.2. The first kappa shape index (κ1) is 19.2. The molecule has 0 aliphatic rings. The Labute approximate surface area is 137 Å². The van der Waals surface area contributed by atoms with Gasteiger partial charge in [0, 0.05) is 13.1 Å². The van der Waals surface area contributed by atoms with Crippen molar-refractivity contribution in [3.63, 3.8) is 0 Å². The average Bonchev–Trinajstić information content (AvgIpc) is 2.50. The molecule has 0 radical (unpaired) electrons. The maximum atomic E-state index is 12.1. The standard InChI is InChI=1S/C16H23NO5S/c1-12(2)17(4)15(18)11-22-16(19)9-10-23(20,21)14-7-5-13(3)6-8-14/h5-8,12H,9-11H2,1-4H3. The van der Waals surface area contributed by atoms with Gasteiger partial charge in [-0.1, -0.05) is 17.7 Å². The second-order valence-electron chi connectivity index (χ2n) is 5.64. The molecule has 1 amide bonds. The number of carbonyl (C=O) groups is 2. The van der Waals surface area contributed by atoms with E-state index >= 15 is 0 Å². The predicted molar refractivity (Wildman–Crippen MR) is 86.7 cm³/mol. The van der Waals surface area contributed by atoms with E-state index < -0.39 is 15.8 Å². The molecule has 0 N–H and O–H groups in total. The van der Waals surface area contributed by atoms with Gasteiger partial charge in [0.1, 0.15) is 0 Å². The van der Waals surface area contributed by atoms with E-state index in [0.717, 1.165) is 5.56 Å². The van der Waals surface area contributed by atoms with Crippen molar-refractivity contribution in [2.45, 2.75) is 38.1 Å². The Hall–Kier alpha value is -1.89. The highest BCUT2D eigenvalue weighted by molar-refractivity contribution is 7.91. The van der Waals surface area contributed by atoms with Crippen LogP contribution >= 0.6 is 0 Å². The van der Waals surface area contributed by atoms with Gasteiger partial charge in [-0.2, -0.15) is 0 Å². The van der Waals surface area contributed by atoms with Crippen molar-refractivity contribution >= 4 is 21.7 Å². The summed E-state index contributed by atoms with van der Waals surface area (Å²) < 4.78 is 29.0. The number of aryl methyl sites for hydroxylation is 1. The van der Waals surface area contributed by atoms with E-state index in [4.69, 9.17) is 4.74 Å². The van der Waals surface area contributed by atoms with Gasteiger partial charge in [0.15, 0.2) is 16.4 Å². The summed E-state index contributed by atoms with van der Waals surface area (Å²) in [6.45, 7) is 5.17. The Bertz CT molecular complexity index is 650. The molecule has 0 unspecified atom stereocenters. The molecule has 0 saturated heterocycles. The number of ether oxygens (including phenoxy) is 1. The van der Waals surface area contributed by atoms with Gasteiger partial charge in [0.2, 0.25) is 0 Å². The average molecular weight is 341 g/mol. The Kier molecular flexibility index (Phi) is 6.75. The first-order chi connectivity index (χ1) is 10.6. The molecule has 23 heavy (non-hydrogen) atoms. The monoisotopic (exact) mass is 341 g/mol. The fourth-order valence-corrected chi connectivity index (χ4v) is 2.91. The van der Waals surface area contributed by atoms with Crippen molar-refractivity contribution in [3.8, 4) is 0 Å². The molecular weight excluding hydrogens is 318 g/mol. The zero-order valence-corrected chi connectivity index (χ0v) is 14.7. The number of benzene rings is 1. The highest BCUT2D eigenvalue weighted by Gasteiger charge is 2.18. The van der Waals surface area contributed by atoms with E-state index in [1.165, 1.54) is 17.0 Å². The summed E-state index contributed by atoms with van der Waals surface area (Å²) in [5, 5.41) is 0. The molecule has 1 aromatic carbocycles. The topological polar surface area (TPSA) is 80.7 Å². The van der Waals surface area contributed by atoms with Gasteiger partial charge in [0.25, 0.3) is 5.91 Å². The number of esters is 1. The molecule has 0 aliphatic carbocycles. The van der Waals surface area contributed by atoms with Gasteiger partial charge in [0.05, 0.1) is 17.1 Å². The molecule has 128 valence electrons. The normalized spacial score (nSPS) is 11.3. The smallest absolute Gasteiger partial charge is 0.307 e. The van der Waals surface area contributed by atoms with Crippen LogP contribution in [0.1, 0.15) is 25.8 Å². The van der Waals surface area contributed by atoms with E-state index in [2.05, 4.69) is 0 Å². The van der Waals surface area contributed by atoms with Gasteiger partial charge >= 0.3 is 5.97 Å². The largest absolute Gasteiger partial charge is 0.456 e. The third kappa shape index (κ3) is 6.02. The fourth-order valence-electron chi connectivity index (χ4n) is 1.69. The van der Waals surface area contributed by atoms with Gasteiger partial charge < -0.3 is 9.64 Å². The summed E-state index contributed by atoms with van der Waals surface area (Å²) in [6.07, 6.45) is -0.283. The number of hydrogen-bond donors (Lipinski definition) is 0. The van der Waals surface area contributed by atoms with Crippen molar-refractivity contribution in [1.82, 2.24) is 4.90 Å². The summed E-state index contributed by atoms with van der Waals surface area (Å²) in [5.74, 6) is -1.37. The number of carbonyl (C=O) groups excluding carboxylic acids is 2. The highest BCUT2D eigenvalue weighted by atomic mass is 32.2. The van der Waals surface area contributed by atoms with Crippen molar-refractivity contribution in [2.75, 3.05) is 19.4 Å². The number of rotatable bonds is 7. The predicted octanol–water partition coefficient (Wildman–Crippen LogP) is 1.57. The van der Waals surface area contributed by atoms with Crippen LogP contribution in [0.5, 0.6) is 0 Å². The summed E-state index contributed by atoms with van der Waals surface area (Å²) in [4.78, 5) is 24.9. The molecule has 0 saturated carbocycles. The summed E-state index contributed by atoms with van der Waals surface area (Å²) in [6, 6.07) is 6.42. The number of hydrogen-bond acceptors (Lipinski definition) is 5. The third-order valence-electron chi connectivity index (χ3n) is 3.48. The van der Waals surface area contributed by atoms with E-state index in [0.29, 0.717) is 0 Å². The van der Waals surface area contributed by atoms with Crippen molar-refractivity contribution in [1.29, 1.82) is 0 Å².